The van der Waals surface area contributed by atoms with Gasteiger partial charge < -0.3 is 10.6 Å². The van der Waals surface area contributed by atoms with Crippen molar-refractivity contribution in [1.29, 1.82) is 0 Å². The summed E-state index contributed by atoms with van der Waals surface area (Å²) in [6.45, 7) is 2.68. The lowest BCUT2D eigenvalue weighted by molar-refractivity contribution is -0.384. The van der Waals surface area contributed by atoms with Crippen LogP contribution in [0.2, 0.25) is 0 Å². The molecule has 2 rings (SSSR count). The number of hydrogen-bond donors (Lipinski definition) is 2. The van der Waals surface area contributed by atoms with Gasteiger partial charge in [0.05, 0.1) is 4.92 Å². The van der Waals surface area contributed by atoms with Crippen LogP contribution in [0.15, 0.2) is 18.2 Å². The Morgan fingerprint density at radius 1 is 1.60 bits per heavy atom. The summed E-state index contributed by atoms with van der Waals surface area (Å²) in [5, 5.41) is 16.8. The van der Waals surface area contributed by atoms with Gasteiger partial charge in [0.1, 0.15) is 0 Å². The van der Waals surface area contributed by atoms with Gasteiger partial charge in [-0.2, -0.15) is 11.8 Å². The van der Waals surface area contributed by atoms with E-state index in [-0.39, 0.29) is 17.6 Å². The summed E-state index contributed by atoms with van der Waals surface area (Å²) in [5.74, 6) is 1.95. The Kier molecular flexibility index (Phi) is 4.97. The molecule has 1 aromatic rings. The maximum absolute atomic E-state index is 12.0. The fourth-order valence-corrected chi connectivity index (χ4v) is 3.03. The van der Waals surface area contributed by atoms with E-state index in [1.807, 2.05) is 11.8 Å². The molecule has 7 heteroatoms. The molecule has 1 heterocycles. The second kappa shape index (κ2) is 6.71. The summed E-state index contributed by atoms with van der Waals surface area (Å²) in [7, 11) is 0. The number of amides is 1. The second-order valence-electron chi connectivity index (χ2n) is 4.73. The zero-order chi connectivity index (χ0) is 14.5. The quantitative estimate of drug-likeness (QED) is 0.655. The van der Waals surface area contributed by atoms with Crippen molar-refractivity contribution in [3.8, 4) is 0 Å². The van der Waals surface area contributed by atoms with E-state index in [1.54, 1.807) is 13.0 Å². The van der Waals surface area contributed by atoms with Crippen molar-refractivity contribution in [1.82, 2.24) is 5.32 Å². The number of nitro groups is 1. The van der Waals surface area contributed by atoms with Crippen LogP contribution in [0.3, 0.4) is 0 Å². The number of aryl methyl sites for hydroxylation is 1. The maximum Gasteiger partial charge on any atom is 0.269 e. The van der Waals surface area contributed by atoms with Crippen LogP contribution in [-0.4, -0.2) is 34.9 Å². The number of nitrogens with zero attached hydrogens (tertiary/aromatic N) is 1. The minimum atomic E-state index is -0.443. The maximum atomic E-state index is 12.0. The Morgan fingerprint density at radius 2 is 2.40 bits per heavy atom. The van der Waals surface area contributed by atoms with Crippen molar-refractivity contribution < 1.29 is 9.72 Å². The van der Waals surface area contributed by atoms with Gasteiger partial charge in [0.2, 0.25) is 5.91 Å². The lowest BCUT2D eigenvalue weighted by atomic mass is 10.1. The van der Waals surface area contributed by atoms with Gasteiger partial charge in [0.25, 0.3) is 5.69 Å². The van der Waals surface area contributed by atoms with Crippen LogP contribution in [0.25, 0.3) is 0 Å². The third kappa shape index (κ3) is 3.94. The van der Waals surface area contributed by atoms with Crippen molar-refractivity contribution in [2.24, 2.45) is 0 Å². The van der Waals surface area contributed by atoms with Gasteiger partial charge in [-0.15, -0.1) is 0 Å². The van der Waals surface area contributed by atoms with E-state index in [0.717, 1.165) is 18.1 Å². The SMILES string of the molecule is Cc1cc([N+](=O)[O-])ccc1NC(=O)CC1CSCCN1. The molecule has 1 aliphatic rings. The molecular formula is C13H17N3O3S. The average Bonchev–Trinajstić information content (AvgIpc) is 2.42. The van der Waals surface area contributed by atoms with E-state index in [2.05, 4.69) is 10.6 Å². The molecule has 1 fully saturated rings. The first kappa shape index (κ1) is 14.8. The number of rotatable bonds is 4. The normalized spacial score (nSPS) is 18.6. The zero-order valence-electron chi connectivity index (χ0n) is 11.2. The van der Waals surface area contributed by atoms with Gasteiger partial charge >= 0.3 is 0 Å². The van der Waals surface area contributed by atoms with Gasteiger partial charge in [-0.3, -0.25) is 14.9 Å². The van der Waals surface area contributed by atoms with Crippen LogP contribution in [0.5, 0.6) is 0 Å². The number of nitro benzene ring substituents is 1. The molecule has 1 amide bonds. The standard InChI is InChI=1S/C13H17N3O3S/c1-9-6-11(16(18)19)2-3-12(9)15-13(17)7-10-8-20-5-4-14-10/h2-3,6,10,14H,4-5,7-8H2,1H3,(H,15,17). The fourth-order valence-electron chi connectivity index (χ4n) is 2.08. The molecule has 6 nitrogen and oxygen atoms in total. The highest BCUT2D eigenvalue weighted by molar-refractivity contribution is 7.99. The molecule has 0 spiro atoms. The molecule has 20 heavy (non-hydrogen) atoms. The van der Waals surface area contributed by atoms with E-state index in [1.165, 1.54) is 12.1 Å². The van der Waals surface area contributed by atoms with Crippen LogP contribution < -0.4 is 10.6 Å². The highest BCUT2D eigenvalue weighted by Gasteiger charge is 2.17. The smallest absolute Gasteiger partial charge is 0.269 e. The Bertz CT molecular complexity index is 516. The topological polar surface area (TPSA) is 84.3 Å². The monoisotopic (exact) mass is 295 g/mol. The number of thioether (sulfide) groups is 1. The lowest BCUT2D eigenvalue weighted by Crippen LogP contribution is -2.39. The Labute approximate surface area is 121 Å². The van der Waals surface area contributed by atoms with Gasteiger partial charge in [0, 0.05) is 48.3 Å². The molecule has 0 saturated carbocycles. The molecule has 1 saturated heterocycles. The van der Waals surface area contributed by atoms with Crippen molar-refractivity contribution in [2.45, 2.75) is 19.4 Å². The molecule has 1 unspecified atom stereocenters. The van der Waals surface area contributed by atoms with Crippen molar-refractivity contribution in [3.05, 3.63) is 33.9 Å². The average molecular weight is 295 g/mol. The second-order valence-corrected chi connectivity index (χ2v) is 5.88. The van der Waals surface area contributed by atoms with Crippen LogP contribution in [0.4, 0.5) is 11.4 Å². The minimum Gasteiger partial charge on any atom is -0.326 e. The molecule has 1 aromatic carbocycles. The predicted molar refractivity (Wildman–Crippen MR) is 80.2 cm³/mol. The van der Waals surface area contributed by atoms with E-state index in [0.29, 0.717) is 17.7 Å². The first-order chi connectivity index (χ1) is 9.56. The third-order valence-electron chi connectivity index (χ3n) is 3.13. The van der Waals surface area contributed by atoms with Gasteiger partial charge in [-0.25, -0.2) is 0 Å². The first-order valence-corrected chi connectivity index (χ1v) is 7.58. The Balaban J connectivity index is 1.95. The number of nitrogens with one attached hydrogen (secondary N) is 2. The van der Waals surface area contributed by atoms with Gasteiger partial charge in [-0.1, -0.05) is 0 Å². The van der Waals surface area contributed by atoms with E-state index >= 15 is 0 Å². The Hall–Kier alpha value is -1.60. The van der Waals surface area contributed by atoms with Crippen LogP contribution in [-0.2, 0) is 4.79 Å². The van der Waals surface area contributed by atoms with Crippen LogP contribution in [0, 0.1) is 17.0 Å². The first-order valence-electron chi connectivity index (χ1n) is 6.42. The lowest BCUT2D eigenvalue weighted by Gasteiger charge is -2.22. The van der Waals surface area contributed by atoms with Crippen LogP contribution in [0.1, 0.15) is 12.0 Å². The summed E-state index contributed by atoms with van der Waals surface area (Å²) in [6, 6.07) is 4.64. The summed E-state index contributed by atoms with van der Waals surface area (Å²) in [6.07, 6.45) is 0.420. The van der Waals surface area contributed by atoms with Crippen LogP contribution >= 0.6 is 11.8 Å². The molecule has 0 aromatic heterocycles. The van der Waals surface area contributed by atoms with Crippen molar-refractivity contribution >= 4 is 29.0 Å². The fraction of sp³-hybridized carbons (Fsp3) is 0.462. The summed E-state index contributed by atoms with van der Waals surface area (Å²) in [5.41, 5.74) is 1.36. The summed E-state index contributed by atoms with van der Waals surface area (Å²) < 4.78 is 0. The molecule has 1 aliphatic heterocycles. The Morgan fingerprint density at radius 3 is 3.00 bits per heavy atom. The largest absolute Gasteiger partial charge is 0.326 e. The molecule has 0 bridgehead atoms. The van der Waals surface area contributed by atoms with Gasteiger partial charge in [0.15, 0.2) is 0 Å². The molecule has 1 atom stereocenters. The molecular weight excluding hydrogens is 278 g/mol. The molecule has 108 valence electrons. The predicted octanol–water partition coefficient (Wildman–Crippen LogP) is 1.94. The molecule has 0 aliphatic carbocycles. The molecule has 0 radical (unpaired) electrons. The summed E-state index contributed by atoms with van der Waals surface area (Å²) >= 11 is 1.84. The number of anilines is 1. The highest BCUT2D eigenvalue weighted by Crippen LogP contribution is 2.21. The van der Waals surface area contributed by atoms with Crippen molar-refractivity contribution in [3.63, 3.8) is 0 Å². The number of benzene rings is 1. The van der Waals surface area contributed by atoms with Gasteiger partial charge in [-0.05, 0) is 18.6 Å². The minimum absolute atomic E-state index is 0.0332. The van der Waals surface area contributed by atoms with E-state index < -0.39 is 4.92 Å². The number of carbonyl (C=O) groups is 1. The number of hydrogen-bond acceptors (Lipinski definition) is 5. The van der Waals surface area contributed by atoms with E-state index in [9.17, 15) is 14.9 Å². The van der Waals surface area contributed by atoms with E-state index in [4.69, 9.17) is 0 Å². The third-order valence-corrected chi connectivity index (χ3v) is 4.26. The van der Waals surface area contributed by atoms with Crippen molar-refractivity contribution in [2.75, 3.05) is 23.4 Å². The molecule has 2 N–H and O–H groups in total. The number of carbonyl (C=O) groups excluding carboxylic acids is 1. The number of non-ortho nitro benzene ring substituents is 1. The summed E-state index contributed by atoms with van der Waals surface area (Å²) in [4.78, 5) is 22.2. The zero-order valence-corrected chi connectivity index (χ0v) is 12.0. The highest BCUT2D eigenvalue weighted by atomic mass is 32.2.